The molecule has 0 heterocycles. The van der Waals surface area contributed by atoms with E-state index in [1.165, 1.54) is 5.56 Å². The third kappa shape index (κ3) is 3.95. The predicted octanol–water partition coefficient (Wildman–Crippen LogP) is 2.60. The highest BCUT2D eigenvalue weighted by atomic mass is 16.3. The molecule has 16 heavy (non-hydrogen) atoms. The van der Waals surface area contributed by atoms with Crippen LogP contribution in [0.2, 0.25) is 0 Å². The highest BCUT2D eigenvalue weighted by molar-refractivity contribution is 5.19. The first-order valence-electron chi connectivity index (χ1n) is 6.04. The van der Waals surface area contributed by atoms with Gasteiger partial charge in [0.25, 0.3) is 0 Å². The largest absolute Gasteiger partial charge is 0.396 e. The smallest absolute Gasteiger partial charge is 0.0468 e. The van der Waals surface area contributed by atoms with E-state index >= 15 is 0 Å². The molecule has 0 saturated carbocycles. The Kier molecular flexibility index (Phi) is 5.50. The van der Waals surface area contributed by atoms with Crippen molar-refractivity contribution in [3.05, 3.63) is 35.9 Å². The number of rotatable bonds is 6. The zero-order chi connectivity index (χ0) is 12.0. The lowest BCUT2D eigenvalue weighted by Crippen LogP contribution is -2.30. The molecule has 0 aliphatic carbocycles. The molecular formula is C14H23NO. The fourth-order valence-corrected chi connectivity index (χ4v) is 1.79. The van der Waals surface area contributed by atoms with Crippen molar-refractivity contribution in [1.29, 1.82) is 0 Å². The molecule has 0 spiro atoms. The van der Waals surface area contributed by atoms with Gasteiger partial charge in [-0.3, -0.25) is 0 Å². The molecule has 2 atom stereocenters. The third-order valence-electron chi connectivity index (χ3n) is 2.82. The predicted molar refractivity (Wildman–Crippen MR) is 68.3 cm³/mol. The number of aliphatic hydroxyl groups is 1. The van der Waals surface area contributed by atoms with Crippen LogP contribution in [-0.2, 0) is 0 Å². The molecule has 1 aromatic rings. The zero-order valence-electron chi connectivity index (χ0n) is 10.5. The van der Waals surface area contributed by atoms with Gasteiger partial charge in [0, 0.05) is 19.2 Å². The van der Waals surface area contributed by atoms with E-state index in [2.05, 4.69) is 50.4 Å². The topological polar surface area (TPSA) is 32.3 Å². The van der Waals surface area contributed by atoms with Gasteiger partial charge in [-0.2, -0.15) is 0 Å². The molecule has 1 rings (SSSR count). The first-order valence-corrected chi connectivity index (χ1v) is 6.04. The summed E-state index contributed by atoms with van der Waals surface area (Å²) in [4.78, 5) is 0. The van der Waals surface area contributed by atoms with Gasteiger partial charge in [-0.1, -0.05) is 51.1 Å². The zero-order valence-corrected chi connectivity index (χ0v) is 10.5. The minimum Gasteiger partial charge on any atom is -0.396 e. The Labute approximate surface area is 98.7 Å². The fraction of sp³-hybridized carbons (Fsp3) is 0.571. The minimum atomic E-state index is 0.243. The van der Waals surface area contributed by atoms with Crippen molar-refractivity contribution in [2.45, 2.75) is 26.8 Å². The quantitative estimate of drug-likeness (QED) is 0.774. The average molecular weight is 221 g/mol. The Hall–Kier alpha value is -0.860. The van der Waals surface area contributed by atoms with E-state index in [-0.39, 0.29) is 6.61 Å². The van der Waals surface area contributed by atoms with Crippen LogP contribution in [0, 0.1) is 11.8 Å². The van der Waals surface area contributed by atoms with Crippen LogP contribution in [0.5, 0.6) is 0 Å². The highest BCUT2D eigenvalue weighted by Crippen LogP contribution is 2.21. The summed E-state index contributed by atoms with van der Waals surface area (Å²) in [5.74, 6) is 0.859. The summed E-state index contributed by atoms with van der Waals surface area (Å²) in [5, 5.41) is 12.5. The Morgan fingerprint density at radius 2 is 1.75 bits per heavy atom. The van der Waals surface area contributed by atoms with E-state index < -0.39 is 0 Å². The molecule has 0 amide bonds. The maximum Gasteiger partial charge on any atom is 0.0468 e. The van der Waals surface area contributed by atoms with Crippen LogP contribution in [0.25, 0.3) is 0 Å². The van der Waals surface area contributed by atoms with E-state index in [4.69, 9.17) is 5.11 Å². The molecule has 0 bridgehead atoms. The first kappa shape index (κ1) is 13.2. The summed E-state index contributed by atoms with van der Waals surface area (Å²) in [6.45, 7) is 7.58. The fourth-order valence-electron chi connectivity index (χ4n) is 1.79. The van der Waals surface area contributed by atoms with Crippen molar-refractivity contribution in [3.8, 4) is 0 Å². The van der Waals surface area contributed by atoms with E-state index in [9.17, 15) is 0 Å². The summed E-state index contributed by atoms with van der Waals surface area (Å²) in [6, 6.07) is 10.9. The molecule has 0 saturated heterocycles. The van der Waals surface area contributed by atoms with Gasteiger partial charge in [0.05, 0.1) is 0 Å². The van der Waals surface area contributed by atoms with Crippen molar-refractivity contribution in [3.63, 3.8) is 0 Å². The van der Waals surface area contributed by atoms with Gasteiger partial charge in [0.1, 0.15) is 0 Å². The number of benzene rings is 1. The Bertz CT molecular complexity index is 284. The van der Waals surface area contributed by atoms with Gasteiger partial charge in [0.15, 0.2) is 0 Å². The summed E-state index contributed by atoms with van der Waals surface area (Å²) in [5.41, 5.74) is 1.32. The second-order valence-corrected chi connectivity index (χ2v) is 4.83. The summed E-state index contributed by atoms with van der Waals surface area (Å²) >= 11 is 0. The van der Waals surface area contributed by atoms with Crippen molar-refractivity contribution >= 4 is 0 Å². The Morgan fingerprint density at radius 3 is 2.25 bits per heavy atom. The van der Waals surface area contributed by atoms with Crippen molar-refractivity contribution < 1.29 is 5.11 Å². The number of hydrogen-bond acceptors (Lipinski definition) is 2. The molecule has 2 heteroatoms. The van der Waals surface area contributed by atoms with E-state index in [1.807, 2.05) is 6.07 Å². The van der Waals surface area contributed by atoms with Crippen LogP contribution in [-0.4, -0.2) is 18.3 Å². The van der Waals surface area contributed by atoms with Gasteiger partial charge >= 0.3 is 0 Å². The van der Waals surface area contributed by atoms with Gasteiger partial charge in [-0.05, 0) is 17.4 Å². The molecule has 1 aromatic carbocycles. The Morgan fingerprint density at radius 1 is 1.12 bits per heavy atom. The maximum absolute atomic E-state index is 9.02. The summed E-state index contributed by atoms with van der Waals surface area (Å²) < 4.78 is 0. The summed E-state index contributed by atoms with van der Waals surface area (Å²) in [6.07, 6.45) is 0. The summed E-state index contributed by atoms with van der Waals surface area (Å²) in [7, 11) is 0. The molecule has 0 radical (unpaired) electrons. The van der Waals surface area contributed by atoms with E-state index in [0.717, 1.165) is 6.54 Å². The number of aliphatic hydroxyl groups excluding tert-OH is 1. The molecule has 0 fully saturated rings. The standard InChI is InChI=1S/C14H23NO/c1-11(2)14(15-9-12(3)10-16)13-7-5-4-6-8-13/h4-8,11-12,14-16H,9-10H2,1-3H3. The lowest BCUT2D eigenvalue weighted by molar-refractivity contribution is 0.226. The van der Waals surface area contributed by atoms with E-state index in [1.54, 1.807) is 0 Å². The van der Waals surface area contributed by atoms with Gasteiger partial charge in [0.2, 0.25) is 0 Å². The highest BCUT2D eigenvalue weighted by Gasteiger charge is 2.15. The second kappa shape index (κ2) is 6.66. The van der Waals surface area contributed by atoms with Crippen LogP contribution >= 0.6 is 0 Å². The van der Waals surface area contributed by atoms with Crippen LogP contribution in [0.15, 0.2) is 30.3 Å². The van der Waals surface area contributed by atoms with Crippen LogP contribution in [0.4, 0.5) is 0 Å². The van der Waals surface area contributed by atoms with Crippen LogP contribution < -0.4 is 5.32 Å². The molecule has 2 nitrogen and oxygen atoms in total. The molecule has 90 valence electrons. The van der Waals surface area contributed by atoms with E-state index in [0.29, 0.717) is 17.9 Å². The SMILES string of the molecule is CC(CO)CNC(c1ccccc1)C(C)C. The second-order valence-electron chi connectivity index (χ2n) is 4.83. The van der Waals surface area contributed by atoms with Crippen molar-refractivity contribution in [1.82, 2.24) is 5.32 Å². The van der Waals surface area contributed by atoms with Crippen LogP contribution in [0.1, 0.15) is 32.4 Å². The number of nitrogens with one attached hydrogen (secondary N) is 1. The monoisotopic (exact) mass is 221 g/mol. The van der Waals surface area contributed by atoms with Gasteiger partial charge in [-0.15, -0.1) is 0 Å². The molecule has 2 N–H and O–H groups in total. The average Bonchev–Trinajstić information content (AvgIpc) is 2.30. The molecule has 0 aliphatic rings. The lowest BCUT2D eigenvalue weighted by atomic mass is 9.95. The number of hydrogen-bond donors (Lipinski definition) is 2. The lowest BCUT2D eigenvalue weighted by Gasteiger charge is -2.24. The van der Waals surface area contributed by atoms with Crippen molar-refractivity contribution in [2.75, 3.05) is 13.2 Å². The maximum atomic E-state index is 9.02. The van der Waals surface area contributed by atoms with Gasteiger partial charge in [-0.25, -0.2) is 0 Å². The van der Waals surface area contributed by atoms with Gasteiger partial charge < -0.3 is 10.4 Å². The molecule has 0 aliphatic heterocycles. The van der Waals surface area contributed by atoms with Crippen LogP contribution in [0.3, 0.4) is 0 Å². The molecule has 0 aromatic heterocycles. The Balaban J connectivity index is 2.62. The molecule has 2 unspecified atom stereocenters. The first-order chi connectivity index (χ1) is 7.65. The minimum absolute atomic E-state index is 0.243. The van der Waals surface area contributed by atoms with Crippen molar-refractivity contribution in [2.24, 2.45) is 11.8 Å². The normalized spacial score (nSPS) is 15.1. The third-order valence-corrected chi connectivity index (χ3v) is 2.82. The molecular weight excluding hydrogens is 198 g/mol.